The highest BCUT2D eigenvalue weighted by Gasteiger charge is 2.06. The van der Waals surface area contributed by atoms with E-state index in [1.807, 2.05) is 31.7 Å². The molecule has 0 aliphatic carbocycles. The van der Waals surface area contributed by atoms with Crippen LogP contribution in [0.1, 0.15) is 17.2 Å². The average Bonchev–Trinajstić information content (AvgIpc) is 2.56. The molecular weight excluding hydrogens is 272 g/mol. The standard InChI is InChI=1S/C11H14N4OS.ClH/c1-7-4-10(16)14-11(13-7)17-6-9-5-12-8(2)15(9)3;/h4-5H,6H2,1-3H3,(H,13,14,16);1H. The first-order valence-corrected chi connectivity index (χ1v) is 6.19. The monoisotopic (exact) mass is 286 g/mol. The van der Waals surface area contributed by atoms with Gasteiger partial charge in [-0.05, 0) is 13.8 Å². The van der Waals surface area contributed by atoms with Crippen LogP contribution < -0.4 is 0 Å². The molecule has 0 unspecified atom stereocenters. The highest BCUT2D eigenvalue weighted by atomic mass is 35.5. The summed E-state index contributed by atoms with van der Waals surface area (Å²) in [6.45, 7) is 3.79. The number of thioether (sulfide) groups is 1. The van der Waals surface area contributed by atoms with Gasteiger partial charge in [0.2, 0.25) is 5.88 Å². The number of nitrogens with zero attached hydrogens (tertiary/aromatic N) is 4. The molecule has 0 spiro atoms. The lowest BCUT2D eigenvalue weighted by Gasteiger charge is -2.03. The van der Waals surface area contributed by atoms with Crippen LogP contribution in [0.4, 0.5) is 0 Å². The number of imidazole rings is 1. The van der Waals surface area contributed by atoms with Crippen molar-refractivity contribution in [1.29, 1.82) is 0 Å². The topological polar surface area (TPSA) is 63.8 Å². The van der Waals surface area contributed by atoms with Crippen molar-refractivity contribution in [2.24, 2.45) is 7.05 Å². The molecule has 2 aromatic heterocycles. The molecule has 2 rings (SSSR count). The van der Waals surface area contributed by atoms with E-state index in [2.05, 4.69) is 15.0 Å². The fourth-order valence-electron chi connectivity index (χ4n) is 1.41. The molecule has 0 radical (unpaired) electrons. The van der Waals surface area contributed by atoms with Gasteiger partial charge < -0.3 is 9.67 Å². The molecule has 0 fully saturated rings. The molecule has 7 heteroatoms. The normalized spacial score (nSPS) is 10.2. The second-order valence-electron chi connectivity index (χ2n) is 3.79. The van der Waals surface area contributed by atoms with E-state index in [0.717, 1.165) is 23.0 Å². The largest absolute Gasteiger partial charge is 0.493 e. The molecule has 2 aromatic rings. The van der Waals surface area contributed by atoms with Crippen LogP contribution in [-0.4, -0.2) is 24.6 Å². The molecule has 0 atom stereocenters. The SMILES string of the molecule is Cc1cc(O)nc(SCc2cnc(C)n2C)n1.Cl. The summed E-state index contributed by atoms with van der Waals surface area (Å²) in [6, 6.07) is 1.54. The van der Waals surface area contributed by atoms with Crippen LogP contribution in [0.15, 0.2) is 17.4 Å². The van der Waals surface area contributed by atoms with E-state index in [1.165, 1.54) is 17.8 Å². The van der Waals surface area contributed by atoms with Gasteiger partial charge in [0.1, 0.15) is 5.82 Å². The van der Waals surface area contributed by atoms with Crippen molar-refractivity contribution in [1.82, 2.24) is 19.5 Å². The molecule has 0 saturated heterocycles. The average molecular weight is 287 g/mol. The zero-order valence-electron chi connectivity index (χ0n) is 10.4. The van der Waals surface area contributed by atoms with E-state index in [4.69, 9.17) is 0 Å². The summed E-state index contributed by atoms with van der Waals surface area (Å²) in [5.41, 5.74) is 1.87. The Morgan fingerprint density at radius 1 is 1.33 bits per heavy atom. The molecular formula is C11H15ClN4OS. The number of hydrogen-bond donors (Lipinski definition) is 1. The van der Waals surface area contributed by atoms with Crippen molar-refractivity contribution in [3.63, 3.8) is 0 Å². The number of hydrogen-bond acceptors (Lipinski definition) is 5. The van der Waals surface area contributed by atoms with Crippen LogP contribution in [0.3, 0.4) is 0 Å². The van der Waals surface area contributed by atoms with Crippen LogP contribution >= 0.6 is 24.2 Å². The van der Waals surface area contributed by atoms with Crippen molar-refractivity contribution in [2.75, 3.05) is 0 Å². The van der Waals surface area contributed by atoms with Gasteiger partial charge in [0.15, 0.2) is 5.16 Å². The molecule has 0 bridgehead atoms. The third kappa shape index (κ3) is 3.36. The van der Waals surface area contributed by atoms with Crippen molar-refractivity contribution >= 4 is 24.2 Å². The maximum atomic E-state index is 9.37. The Labute approximate surface area is 116 Å². The summed E-state index contributed by atoms with van der Waals surface area (Å²) < 4.78 is 2.03. The minimum absolute atomic E-state index is 0. The van der Waals surface area contributed by atoms with Crippen LogP contribution in [0, 0.1) is 13.8 Å². The third-order valence-corrected chi connectivity index (χ3v) is 3.37. The molecule has 1 N–H and O–H groups in total. The van der Waals surface area contributed by atoms with Gasteiger partial charge in [0, 0.05) is 36.5 Å². The second-order valence-corrected chi connectivity index (χ2v) is 4.74. The lowest BCUT2D eigenvalue weighted by Crippen LogP contribution is -1.97. The van der Waals surface area contributed by atoms with E-state index in [1.54, 1.807) is 0 Å². The molecule has 0 amide bonds. The zero-order valence-corrected chi connectivity index (χ0v) is 12.0. The molecule has 5 nitrogen and oxygen atoms in total. The molecule has 0 aliphatic heterocycles. The number of halogens is 1. The molecule has 0 aromatic carbocycles. The van der Waals surface area contributed by atoms with E-state index < -0.39 is 0 Å². The molecule has 98 valence electrons. The minimum Gasteiger partial charge on any atom is -0.493 e. The molecule has 2 heterocycles. The summed E-state index contributed by atoms with van der Waals surface area (Å²) in [7, 11) is 1.98. The number of aromatic hydroxyl groups is 1. The first kappa shape index (κ1) is 14.8. The first-order valence-electron chi connectivity index (χ1n) is 5.21. The highest BCUT2D eigenvalue weighted by molar-refractivity contribution is 7.98. The number of rotatable bonds is 3. The van der Waals surface area contributed by atoms with Crippen molar-refractivity contribution in [3.05, 3.63) is 29.5 Å². The van der Waals surface area contributed by atoms with Gasteiger partial charge in [-0.1, -0.05) is 11.8 Å². The van der Waals surface area contributed by atoms with Crippen molar-refractivity contribution in [3.8, 4) is 5.88 Å². The van der Waals surface area contributed by atoms with Gasteiger partial charge >= 0.3 is 0 Å². The van der Waals surface area contributed by atoms with Gasteiger partial charge in [-0.3, -0.25) is 0 Å². The summed E-state index contributed by atoms with van der Waals surface area (Å²) in [5, 5.41) is 9.95. The number of aryl methyl sites for hydroxylation is 2. The van der Waals surface area contributed by atoms with Gasteiger partial charge in [0.25, 0.3) is 0 Å². The maximum Gasteiger partial charge on any atom is 0.215 e. The van der Waals surface area contributed by atoms with E-state index in [0.29, 0.717) is 5.16 Å². The highest BCUT2D eigenvalue weighted by Crippen LogP contribution is 2.21. The Morgan fingerprint density at radius 3 is 2.61 bits per heavy atom. The molecule has 0 saturated carbocycles. The van der Waals surface area contributed by atoms with Crippen molar-refractivity contribution < 1.29 is 5.11 Å². The predicted molar refractivity (Wildman–Crippen MR) is 73.2 cm³/mol. The fourth-order valence-corrected chi connectivity index (χ4v) is 2.32. The van der Waals surface area contributed by atoms with Gasteiger partial charge in [0.05, 0.1) is 0 Å². The smallest absolute Gasteiger partial charge is 0.215 e. The summed E-state index contributed by atoms with van der Waals surface area (Å²) in [6.07, 6.45) is 1.85. The molecule has 18 heavy (non-hydrogen) atoms. The zero-order chi connectivity index (χ0) is 12.4. The van der Waals surface area contributed by atoms with Gasteiger partial charge in [-0.2, -0.15) is 4.98 Å². The van der Waals surface area contributed by atoms with E-state index in [9.17, 15) is 5.11 Å². The fraction of sp³-hybridized carbons (Fsp3) is 0.364. The van der Waals surface area contributed by atoms with Gasteiger partial charge in [-0.25, -0.2) is 9.97 Å². The summed E-state index contributed by atoms with van der Waals surface area (Å²) in [5.74, 6) is 1.73. The summed E-state index contributed by atoms with van der Waals surface area (Å²) in [4.78, 5) is 12.4. The van der Waals surface area contributed by atoms with Gasteiger partial charge in [-0.15, -0.1) is 12.4 Å². The minimum atomic E-state index is 0. The maximum absolute atomic E-state index is 9.37. The van der Waals surface area contributed by atoms with E-state index >= 15 is 0 Å². The Morgan fingerprint density at radius 2 is 2.06 bits per heavy atom. The Bertz CT molecular complexity index is 524. The Balaban J connectivity index is 0.00000162. The van der Waals surface area contributed by atoms with Crippen LogP contribution in [-0.2, 0) is 12.8 Å². The van der Waals surface area contributed by atoms with Crippen molar-refractivity contribution in [2.45, 2.75) is 24.8 Å². The lowest BCUT2D eigenvalue weighted by molar-refractivity contribution is 0.444. The second kappa shape index (κ2) is 6.06. The lowest BCUT2D eigenvalue weighted by atomic mass is 10.4. The predicted octanol–water partition coefficient (Wildman–Crippen LogP) is 2.25. The third-order valence-electron chi connectivity index (χ3n) is 2.49. The van der Waals surface area contributed by atoms with Crippen LogP contribution in [0.5, 0.6) is 5.88 Å². The first-order chi connectivity index (χ1) is 8.06. The Hall–Kier alpha value is -1.27. The quantitative estimate of drug-likeness (QED) is 0.692. The van der Waals surface area contributed by atoms with E-state index in [-0.39, 0.29) is 18.3 Å². The Kier molecular flexibility index (Phi) is 4.98. The van der Waals surface area contributed by atoms with Crippen LogP contribution in [0.2, 0.25) is 0 Å². The van der Waals surface area contributed by atoms with Crippen LogP contribution in [0.25, 0.3) is 0 Å². The number of aromatic nitrogens is 4. The molecule has 0 aliphatic rings. The summed E-state index contributed by atoms with van der Waals surface area (Å²) >= 11 is 1.49.